The molecule has 30 heavy (non-hydrogen) atoms. The van der Waals surface area contributed by atoms with E-state index in [4.69, 9.17) is 0 Å². The maximum atomic E-state index is 12.8. The molecule has 0 unspecified atom stereocenters. The van der Waals surface area contributed by atoms with Gasteiger partial charge in [0.2, 0.25) is 5.91 Å². The van der Waals surface area contributed by atoms with Crippen molar-refractivity contribution in [3.8, 4) is 0 Å². The first-order chi connectivity index (χ1) is 14.7. The summed E-state index contributed by atoms with van der Waals surface area (Å²) in [6.45, 7) is 1.68. The Bertz CT molecular complexity index is 989. The summed E-state index contributed by atoms with van der Waals surface area (Å²) in [5.41, 5.74) is 2.04. The van der Waals surface area contributed by atoms with Crippen molar-refractivity contribution < 1.29 is 9.59 Å². The van der Waals surface area contributed by atoms with Gasteiger partial charge in [-0.25, -0.2) is 0 Å². The number of hydrogen-bond donors (Lipinski definition) is 2. The molecule has 2 amide bonds. The van der Waals surface area contributed by atoms with Gasteiger partial charge in [0.15, 0.2) is 0 Å². The molecule has 1 fully saturated rings. The first-order valence-corrected chi connectivity index (χ1v) is 11.1. The molecule has 2 aromatic carbocycles. The molecule has 154 valence electrons. The van der Waals surface area contributed by atoms with E-state index in [2.05, 4.69) is 33.0 Å². The minimum atomic E-state index is -0.201. The number of amides is 2. The molecule has 0 aliphatic carbocycles. The van der Waals surface area contributed by atoms with Gasteiger partial charge in [-0.1, -0.05) is 48.5 Å². The highest BCUT2D eigenvalue weighted by molar-refractivity contribution is 7.10. The SMILES string of the molecule is O=C(CN1CCC[C@@H]1c1cccs1)Nc1ccccc1C(=O)NCc1ccccc1. The van der Waals surface area contributed by atoms with Crippen LogP contribution in [0.4, 0.5) is 5.69 Å². The van der Waals surface area contributed by atoms with Crippen LogP contribution in [0.15, 0.2) is 72.1 Å². The molecule has 0 bridgehead atoms. The summed E-state index contributed by atoms with van der Waals surface area (Å²) in [6, 6.07) is 21.4. The minimum Gasteiger partial charge on any atom is -0.348 e. The van der Waals surface area contributed by atoms with Gasteiger partial charge in [0, 0.05) is 17.5 Å². The number of carbonyl (C=O) groups excluding carboxylic acids is 2. The van der Waals surface area contributed by atoms with Gasteiger partial charge in [0.25, 0.3) is 5.91 Å². The number of hydrogen-bond acceptors (Lipinski definition) is 4. The molecule has 2 N–H and O–H groups in total. The molecule has 0 saturated carbocycles. The van der Waals surface area contributed by atoms with Crippen LogP contribution >= 0.6 is 11.3 Å². The second-order valence-corrected chi connectivity index (χ2v) is 8.39. The highest BCUT2D eigenvalue weighted by Crippen LogP contribution is 2.34. The third-order valence-electron chi connectivity index (χ3n) is 5.32. The van der Waals surface area contributed by atoms with Gasteiger partial charge < -0.3 is 10.6 Å². The van der Waals surface area contributed by atoms with Crippen molar-refractivity contribution in [2.45, 2.75) is 25.4 Å². The van der Waals surface area contributed by atoms with Crippen LogP contribution in [0.2, 0.25) is 0 Å². The monoisotopic (exact) mass is 419 g/mol. The van der Waals surface area contributed by atoms with Gasteiger partial charge in [-0.15, -0.1) is 11.3 Å². The van der Waals surface area contributed by atoms with Crippen LogP contribution in [0, 0.1) is 0 Å². The second kappa shape index (κ2) is 9.69. The Morgan fingerprint density at radius 2 is 1.80 bits per heavy atom. The Kier molecular flexibility index (Phi) is 6.57. The Balaban J connectivity index is 1.38. The quantitative estimate of drug-likeness (QED) is 0.595. The molecular weight excluding hydrogens is 394 g/mol. The normalized spacial score (nSPS) is 16.3. The van der Waals surface area contributed by atoms with Crippen LogP contribution in [0.1, 0.15) is 39.7 Å². The molecule has 1 aliphatic rings. The predicted octanol–water partition coefficient (Wildman–Crippen LogP) is 4.45. The van der Waals surface area contributed by atoms with Gasteiger partial charge in [-0.05, 0) is 48.5 Å². The number of nitrogens with zero attached hydrogens (tertiary/aromatic N) is 1. The number of anilines is 1. The predicted molar refractivity (Wildman–Crippen MR) is 121 cm³/mol. The first kappa shape index (κ1) is 20.3. The number of carbonyl (C=O) groups is 2. The number of benzene rings is 2. The van der Waals surface area contributed by atoms with Crippen molar-refractivity contribution >= 4 is 28.8 Å². The van der Waals surface area contributed by atoms with Crippen molar-refractivity contribution in [3.63, 3.8) is 0 Å². The van der Waals surface area contributed by atoms with Crippen molar-refractivity contribution in [1.82, 2.24) is 10.2 Å². The van der Waals surface area contributed by atoms with Crippen molar-refractivity contribution in [2.75, 3.05) is 18.4 Å². The molecule has 0 radical (unpaired) electrons. The van der Waals surface area contributed by atoms with E-state index in [1.165, 1.54) is 4.88 Å². The smallest absolute Gasteiger partial charge is 0.253 e. The Morgan fingerprint density at radius 3 is 2.60 bits per heavy atom. The molecule has 4 rings (SSSR count). The summed E-state index contributed by atoms with van der Waals surface area (Å²) < 4.78 is 0. The Labute approximate surface area is 180 Å². The molecule has 1 atom stereocenters. The Morgan fingerprint density at radius 1 is 1.00 bits per heavy atom. The van der Waals surface area contributed by atoms with E-state index < -0.39 is 0 Å². The molecule has 0 spiro atoms. The zero-order chi connectivity index (χ0) is 20.8. The molecule has 2 heterocycles. The summed E-state index contributed by atoms with van der Waals surface area (Å²) >= 11 is 1.74. The van der Waals surface area contributed by atoms with Crippen LogP contribution in [-0.4, -0.2) is 29.8 Å². The Hall–Kier alpha value is -2.96. The summed E-state index contributed by atoms with van der Waals surface area (Å²) in [7, 11) is 0. The molecule has 1 aromatic heterocycles. The lowest BCUT2D eigenvalue weighted by Crippen LogP contribution is -2.33. The molecule has 1 aliphatic heterocycles. The van der Waals surface area contributed by atoms with Gasteiger partial charge in [-0.3, -0.25) is 14.5 Å². The second-order valence-electron chi connectivity index (χ2n) is 7.41. The number of para-hydroxylation sites is 1. The van der Waals surface area contributed by atoms with E-state index in [9.17, 15) is 9.59 Å². The van der Waals surface area contributed by atoms with Gasteiger partial charge in [0.05, 0.1) is 17.8 Å². The molecular formula is C24H25N3O2S. The van der Waals surface area contributed by atoms with Crippen LogP contribution in [0.25, 0.3) is 0 Å². The lowest BCUT2D eigenvalue weighted by molar-refractivity contribution is -0.117. The van der Waals surface area contributed by atoms with Crippen LogP contribution in [-0.2, 0) is 11.3 Å². The highest BCUT2D eigenvalue weighted by atomic mass is 32.1. The molecule has 1 saturated heterocycles. The van der Waals surface area contributed by atoms with Gasteiger partial charge in [0.1, 0.15) is 0 Å². The van der Waals surface area contributed by atoms with Crippen molar-refractivity contribution in [3.05, 3.63) is 88.1 Å². The van der Waals surface area contributed by atoms with E-state index in [1.807, 2.05) is 36.4 Å². The molecule has 5 nitrogen and oxygen atoms in total. The first-order valence-electron chi connectivity index (χ1n) is 10.2. The zero-order valence-electron chi connectivity index (χ0n) is 16.7. The van der Waals surface area contributed by atoms with E-state index in [0.717, 1.165) is 24.9 Å². The standard InChI is InChI=1S/C24H25N3O2S/c28-23(17-27-14-6-12-21(27)22-13-7-15-30-22)26-20-11-5-4-10-19(20)24(29)25-16-18-8-2-1-3-9-18/h1-5,7-11,13,15,21H,6,12,14,16-17H2,(H,25,29)(H,26,28)/t21-/m1/s1. The van der Waals surface area contributed by atoms with E-state index in [1.54, 1.807) is 29.5 Å². The summed E-state index contributed by atoms with van der Waals surface area (Å²) in [5.74, 6) is -0.297. The van der Waals surface area contributed by atoms with E-state index in [-0.39, 0.29) is 11.8 Å². The fraction of sp³-hybridized carbons (Fsp3) is 0.250. The van der Waals surface area contributed by atoms with Crippen LogP contribution < -0.4 is 10.6 Å². The lowest BCUT2D eigenvalue weighted by Gasteiger charge is -2.23. The number of likely N-dealkylation sites (tertiary alicyclic amines) is 1. The average Bonchev–Trinajstić information content (AvgIpc) is 3.45. The molecule has 3 aromatic rings. The van der Waals surface area contributed by atoms with Crippen molar-refractivity contribution in [2.24, 2.45) is 0 Å². The van der Waals surface area contributed by atoms with E-state index in [0.29, 0.717) is 30.4 Å². The van der Waals surface area contributed by atoms with E-state index >= 15 is 0 Å². The fourth-order valence-electron chi connectivity index (χ4n) is 3.86. The topological polar surface area (TPSA) is 61.4 Å². The summed E-state index contributed by atoms with van der Waals surface area (Å²) in [6.07, 6.45) is 2.17. The summed E-state index contributed by atoms with van der Waals surface area (Å²) in [4.78, 5) is 29.0. The maximum absolute atomic E-state index is 12.8. The third kappa shape index (κ3) is 4.96. The number of rotatable bonds is 7. The zero-order valence-corrected chi connectivity index (χ0v) is 17.5. The molecule has 6 heteroatoms. The van der Waals surface area contributed by atoms with Gasteiger partial charge in [-0.2, -0.15) is 0 Å². The minimum absolute atomic E-state index is 0.0956. The van der Waals surface area contributed by atoms with Crippen molar-refractivity contribution in [1.29, 1.82) is 0 Å². The van der Waals surface area contributed by atoms with Crippen LogP contribution in [0.5, 0.6) is 0 Å². The largest absolute Gasteiger partial charge is 0.348 e. The average molecular weight is 420 g/mol. The van der Waals surface area contributed by atoms with Crippen LogP contribution in [0.3, 0.4) is 0 Å². The third-order valence-corrected chi connectivity index (χ3v) is 6.30. The number of nitrogens with one attached hydrogen (secondary N) is 2. The fourth-order valence-corrected chi connectivity index (χ4v) is 4.75. The lowest BCUT2D eigenvalue weighted by atomic mass is 10.1. The summed E-state index contributed by atoms with van der Waals surface area (Å²) in [5, 5.41) is 7.95. The van der Waals surface area contributed by atoms with Gasteiger partial charge >= 0.3 is 0 Å². The highest BCUT2D eigenvalue weighted by Gasteiger charge is 2.28. The maximum Gasteiger partial charge on any atom is 0.253 e. The number of thiophene rings is 1.